The van der Waals surface area contributed by atoms with Crippen LogP contribution in [-0.4, -0.2) is 40.7 Å². The predicted molar refractivity (Wildman–Crippen MR) is 72.6 cm³/mol. The molecular weight excluding hydrogens is 250 g/mol. The summed E-state index contributed by atoms with van der Waals surface area (Å²) < 4.78 is 0. The number of hydrogen-bond donors (Lipinski definition) is 2. The Hall–Kier alpha value is -1.58. The minimum absolute atomic E-state index is 0.0529. The van der Waals surface area contributed by atoms with E-state index >= 15 is 0 Å². The van der Waals surface area contributed by atoms with Crippen molar-refractivity contribution in [2.45, 2.75) is 20.3 Å². The number of rotatable bonds is 4. The summed E-state index contributed by atoms with van der Waals surface area (Å²) in [6.45, 7) is 5.23. The number of aliphatic hydroxyl groups excluding tert-OH is 1. The lowest BCUT2D eigenvalue weighted by Crippen LogP contribution is -2.34. The first-order valence-electron chi connectivity index (χ1n) is 5.82. The third-order valence-corrected chi connectivity index (χ3v) is 3.05. The van der Waals surface area contributed by atoms with Crippen molar-refractivity contribution in [3.63, 3.8) is 0 Å². The summed E-state index contributed by atoms with van der Waals surface area (Å²) in [5.41, 5.74) is 0. The molecule has 2 amide bonds. The van der Waals surface area contributed by atoms with E-state index in [1.54, 1.807) is 11.1 Å². The van der Waals surface area contributed by atoms with Crippen LogP contribution < -0.4 is 5.32 Å². The van der Waals surface area contributed by atoms with E-state index in [0.717, 1.165) is 4.88 Å². The molecule has 0 aliphatic rings. The molecule has 5 nitrogen and oxygen atoms in total. The number of nitrogens with zero attached hydrogens (tertiary/aromatic N) is 2. The molecular formula is C12H17N3O2S. The molecule has 0 aliphatic carbocycles. The minimum atomic E-state index is -0.149. The van der Waals surface area contributed by atoms with Gasteiger partial charge in [-0.25, -0.2) is 9.78 Å². The van der Waals surface area contributed by atoms with Crippen LogP contribution in [0.2, 0.25) is 0 Å². The normalized spacial score (nSPS) is 9.50. The van der Waals surface area contributed by atoms with Crippen molar-refractivity contribution < 1.29 is 9.90 Å². The lowest BCUT2D eigenvalue weighted by atomic mass is 10.4. The summed E-state index contributed by atoms with van der Waals surface area (Å²) in [5, 5.41) is 11.9. The molecule has 0 spiro atoms. The molecule has 0 radical (unpaired) electrons. The van der Waals surface area contributed by atoms with Gasteiger partial charge in [0.15, 0.2) is 5.13 Å². The fourth-order valence-corrected chi connectivity index (χ4v) is 1.96. The van der Waals surface area contributed by atoms with Gasteiger partial charge in [-0.05, 0) is 13.8 Å². The molecule has 0 atom stereocenters. The maximum Gasteiger partial charge on any atom is 0.323 e. The Morgan fingerprint density at radius 2 is 2.28 bits per heavy atom. The molecule has 1 aromatic heterocycles. The molecule has 1 heterocycles. The third kappa shape index (κ3) is 4.35. The molecule has 1 aromatic rings. The Bertz CT molecular complexity index is 444. The van der Waals surface area contributed by atoms with Crippen LogP contribution in [0.5, 0.6) is 0 Å². The maximum absolute atomic E-state index is 11.8. The number of aliphatic hydroxyl groups is 1. The lowest BCUT2D eigenvalue weighted by molar-refractivity contribution is 0.217. The molecule has 0 fully saturated rings. The average Bonchev–Trinajstić information content (AvgIpc) is 2.79. The Morgan fingerprint density at radius 1 is 1.56 bits per heavy atom. The largest absolute Gasteiger partial charge is 0.395 e. The summed E-state index contributed by atoms with van der Waals surface area (Å²) in [6, 6.07) is -0.149. The van der Waals surface area contributed by atoms with Crippen molar-refractivity contribution in [1.29, 1.82) is 0 Å². The molecule has 6 heteroatoms. The number of urea groups is 1. The fraction of sp³-hybridized carbons (Fsp3) is 0.500. The van der Waals surface area contributed by atoms with E-state index in [-0.39, 0.29) is 12.6 Å². The standard InChI is InChI=1S/C12H17N3O2S/c1-3-15(4-2)12(17)14-11-13-9-10(18-11)7-5-6-8-16/h9,16H,3-4,6,8H2,1-2H3,(H,13,14,17). The minimum Gasteiger partial charge on any atom is -0.395 e. The van der Waals surface area contributed by atoms with Crippen LogP contribution in [0, 0.1) is 11.8 Å². The van der Waals surface area contributed by atoms with E-state index in [0.29, 0.717) is 24.6 Å². The smallest absolute Gasteiger partial charge is 0.323 e. The zero-order valence-electron chi connectivity index (χ0n) is 10.6. The summed E-state index contributed by atoms with van der Waals surface area (Å²) in [6.07, 6.45) is 2.06. The van der Waals surface area contributed by atoms with E-state index < -0.39 is 0 Å². The number of aromatic nitrogens is 1. The molecule has 1 rings (SSSR count). The Kier molecular flexibility index (Phi) is 6.19. The SMILES string of the molecule is CCN(CC)C(=O)Nc1ncc(C#CCCO)s1. The van der Waals surface area contributed by atoms with Crippen molar-refractivity contribution in [2.75, 3.05) is 25.0 Å². The van der Waals surface area contributed by atoms with Crippen LogP contribution in [0.3, 0.4) is 0 Å². The van der Waals surface area contributed by atoms with Crippen molar-refractivity contribution in [2.24, 2.45) is 0 Å². The number of carbonyl (C=O) groups excluding carboxylic acids is 1. The Morgan fingerprint density at radius 3 is 2.89 bits per heavy atom. The van der Waals surface area contributed by atoms with Gasteiger partial charge in [0.2, 0.25) is 0 Å². The van der Waals surface area contributed by atoms with Crippen LogP contribution >= 0.6 is 11.3 Å². The highest BCUT2D eigenvalue weighted by Gasteiger charge is 2.11. The van der Waals surface area contributed by atoms with Crippen LogP contribution in [0.1, 0.15) is 25.1 Å². The summed E-state index contributed by atoms with van der Waals surface area (Å²) in [7, 11) is 0. The van der Waals surface area contributed by atoms with Gasteiger partial charge in [0.25, 0.3) is 0 Å². The van der Waals surface area contributed by atoms with Gasteiger partial charge in [-0.1, -0.05) is 23.2 Å². The van der Waals surface area contributed by atoms with E-state index in [4.69, 9.17) is 5.11 Å². The van der Waals surface area contributed by atoms with Crippen molar-refractivity contribution >= 4 is 22.5 Å². The Labute approximate surface area is 111 Å². The number of nitrogens with one attached hydrogen (secondary N) is 1. The van der Waals surface area contributed by atoms with Crippen molar-refractivity contribution in [3.05, 3.63) is 11.1 Å². The van der Waals surface area contributed by atoms with Crippen molar-refractivity contribution in [1.82, 2.24) is 9.88 Å². The van der Waals surface area contributed by atoms with Crippen LogP contribution in [0.15, 0.2) is 6.20 Å². The predicted octanol–water partition coefficient (Wildman–Crippen LogP) is 1.75. The van der Waals surface area contributed by atoms with Gasteiger partial charge in [0.1, 0.15) is 0 Å². The number of hydrogen-bond acceptors (Lipinski definition) is 4. The van der Waals surface area contributed by atoms with Gasteiger partial charge in [-0.2, -0.15) is 0 Å². The second-order valence-electron chi connectivity index (χ2n) is 3.41. The van der Waals surface area contributed by atoms with Gasteiger partial charge in [-0.15, -0.1) is 0 Å². The third-order valence-electron chi connectivity index (χ3n) is 2.22. The topological polar surface area (TPSA) is 65.5 Å². The molecule has 18 heavy (non-hydrogen) atoms. The molecule has 0 saturated carbocycles. The van der Waals surface area contributed by atoms with Crippen LogP contribution in [0.25, 0.3) is 0 Å². The quantitative estimate of drug-likeness (QED) is 0.817. The second-order valence-corrected chi connectivity index (χ2v) is 4.44. The number of thiazole rings is 1. The van der Waals surface area contributed by atoms with Gasteiger partial charge in [-0.3, -0.25) is 5.32 Å². The lowest BCUT2D eigenvalue weighted by Gasteiger charge is -2.17. The Balaban J connectivity index is 2.59. The average molecular weight is 267 g/mol. The van der Waals surface area contributed by atoms with Gasteiger partial charge in [0.05, 0.1) is 17.7 Å². The monoisotopic (exact) mass is 267 g/mol. The van der Waals surface area contributed by atoms with E-state index in [2.05, 4.69) is 22.1 Å². The molecule has 2 N–H and O–H groups in total. The molecule has 0 saturated heterocycles. The first-order chi connectivity index (χ1) is 8.71. The van der Waals surface area contributed by atoms with Gasteiger partial charge < -0.3 is 10.0 Å². The summed E-state index contributed by atoms with van der Waals surface area (Å²) in [5.74, 6) is 5.69. The highest BCUT2D eigenvalue weighted by Crippen LogP contribution is 2.17. The van der Waals surface area contributed by atoms with Crippen molar-refractivity contribution in [3.8, 4) is 11.8 Å². The summed E-state index contributed by atoms with van der Waals surface area (Å²) in [4.78, 5) is 18.3. The molecule has 0 aromatic carbocycles. The first kappa shape index (κ1) is 14.5. The fourth-order valence-electron chi connectivity index (χ4n) is 1.28. The number of carbonyl (C=O) groups is 1. The molecule has 98 valence electrons. The van der Waals surface area contributed by atoms with Crippen LogP contribution in [-0.2, 0) is 0 Å². The van der Waals surface area contributed by atoms with E-state index in [1.165, 1.54) is 11.3 Å². The first-order valence-corrected chi connectivity index (χ1v) is 6.64. The van der Waals surface area contributed by atoms with E-state index in [9.17, 15) is 4.79 Å². The highest BCUT2D eigenvalue weighted by atomic mass is 32.1. The second kappa shape index (κ2) is 7.69. The van der Waals surface area contributed by atoms with Gasteiger partial charge in [0, 0.05) is 19.5 Å². The zero-order chi connectivity index (χ0) is 13.4. The highest BCUT2D eigenvalue weighted by molar-refractivity contribution is 7.16. The van der Waals surface area contributed by atoms with Crippen LogP contribution in [0.4, 0.5) is 9.93 Å². The number of amides is 2. The van der Waals surface area contributed by atoms with E-state index in [1.807, 2.05) is 13.8 Å². The summed E-state index contributed by atoms with van der Waals surface area (Å²) >= 11 is 1.33. The molecule has 0 unspecified atom stereocenters. The molecule has 0 aliphatic heterocycles. The zero-order valence-corrected chi connectivity index (χ0v) is 11.4. The molecule has 0 bridgehead atoms. The number of anilines is 1. The maximum atomic E-state index is 11.8. The van der Waals surface area contributed by atoms with Gasteiger partial charge >= 0.3 is 6.03 Å².